The van der Waals surface area contributed by atoms with E-state index in [9.17, 15) is 26.7 Å². The number of carbonyl (C=O) groups is 1. The van der Waals surface area contributed by atoms with Gasteiger partial charge in [-0.25, -0.2) is 0 Å². The molecule has 0 amide bonds. The van der Waals surface area contributed by atoms with E-state index in [1.165, 1.54) is 0 Å². The SMILES string of the molecule is COCC(CC(F)(F)C(F)(F)F)OC=O. The number of methoxy groups -OCH3 is 1. The van der Waals surface area contributed by atoms with Crippen LogP contribution in [0.25, 0.3) is 0 Å². The predicted octanol–water partition coefficient (Wildman–Crippen LogP) is 1.76. The van der Waals surface area contributed by atoms with Gasteiger partial charge in [-0.2, -0.15) is 22.0 Å². The normalized spacial score (nSPS) is 14.8. The van der Waals surface area contributed by atoms with E-state index >= 15 is 0 Å². The second kappa shape index (κ2) is 5.24. The van der Waals surface area contributed by atoms with E-state index in [-0.39, 0.29) is 6.47 Å². The smallest absolute Gasteiger partial charge is 0.453 e. The lowest BCUT2D eigenvalue weighted by atomic mass is 10.1. The van der Waals surface area contributed by atoms with E-state index < -0.39 is 31.2 Å². The van der Waals surface area contributed by atoms with Crippen LogP contribution in [-0.4, -0.2) is 38.4 Å². The van der Waals surface area contributed by atoms with Gasteiger partial charge in [-0.1, -0.05) is 0 Å². The van der Waals surface area contributed by atoms with E-state index in [0.29, 0.717) is 0 Å². The second-order valence-corrected chi connectivity index (χ2v) is 2.72. The standard InChI is InChI=1S/C7H9F5O3/c1-14-3-5(15-4-13)2-6(8,9)7(10,11)12/h4-5H,2-3H2,1H3. The van der Waals surface area contributed by atoms with Crippen LogP contribution in [-0.2, 0) is 14.3 Å². The molecule has 0 aromatic heterocycles. The molecule has 0 aromatic carbocycles. The molecule has 15 heavy (non-hydrogen) atoms. The molecule has 1 unspecified atom stereocenters. The molecule has 0 N–H and O–H groups in total. The first-order valence-electron chi connectivity index (χ1n) is 3.77. The van der Waals surface area contributed by atoms with Gasteiger partial charge in [-0.3, -0.25) is 4.79 Å². The van der Waals surface area contributed by atoms with Crippen molar-refractivity contribution in [3.05, 3.63) is 0 Å². The largest absolute Gasteiger partial charge is 0.462 e. The molecule has 0 aliphatic heterocycles. The van der Waals surface area contributed by atoms with Gasteiger partial charge in [0.2, 0.25) is 0 Å². The second-order valence-electron chi connectivity index (χ2n) is 2.72. The van der Waals surface area contributed by atoms with Crippen molar-refractivity contribution in [1.29, 1.82) is 0 Å². The fourth-order valence-electron chi connectivity index (χ4n) is 0.812. The van der Waals surface area contributed by atoms with Crippen molar-refractivity contribution in [1.82, 2.24) is 0 Å². The number of rotatable bonds is 6. The first-order chi connectivity index (χ1) is 6.74. The minimum Gasteiger partial charge on any atom is -0.462 e. The molecular weight excluding hydrogens is 227 g/mol. The molecule has 0 fully saturated rings. The van der Waals surface area contributed by atoms with Gasteiger partial charge in [0.1, 0.15) is 6.10 Å². The van der Waals surface area contributed by atoms with Crippen molar-refractivity contribution < 1.29 is 36.2 Å². The summed E-state index contributed by atoms with van der Waals surface area (Å²) >= 11 is 0. The summed E-state index contributed by atoms with van der Waals surface area (Å²) in [6.07, 6.45) is -8.93. The summed E-state index contributed by atoms with van der Waals surface area (Å²) in [6, 6.07) is 0. The molecule has 0 saturated heterocycles. The Hall–Kier alpha value is -0.920. The molecule has 1 atom stereocenters. The summed E-state index contributed by atoms with van der Waals surface area (Å²) in [5.74, 6) is -4.90. The van der Waals surface area contributed by atoms with E-state index in [4.69, 9.17) is 0 Å². The van der Waals surface area contributed by atoms with Crippen LogP contribution in [0, 0.1) is 0 Å². The average molecular weight is 236 g/mol. The zero-order chi connectivity index (χ0) is 12.1. The Labute approximate surface area is 82.1 Å². The fourth-order valence-corrected chi connectivity index (χ4v) is 0.812. The van der Waals surface area contributed by atoms with Gasteiger partial charge < -0.3 is 9.47 Å². The Balaban J connectivity index is 4.43. The summed E-state index contributed by atoms with van der Waals surface area (Å²) in [7, 11) is 1.09. The van der Waals surface area contributed by atoms with E-state index in [0.717, 1.165) is 7.11 Å². The van der Waals surface area contributed by atoms with Crippen molar-refractivity contribution in [2.75, 3.05) is 13.7 Å². The third kappa shape index (κ3) is 4.41. The van der Waals surface area contributed by atoms with Crippen molar-refractivity contribution in [2.24, 2.45) is 0 Å². The highest BCUT2D eigenvalue weighted by molar-refractivity contribution is 5.37. The lowest BCUT2D eigenvalue weighted by Crippen LogP contribution is -2.41. The van der Waals surface area contributed by atoms with Crippen molar-refractivity contribution in [3.8, 4) is 0 Å². The van der Waals surface area contributed by atoms with Gasteiger partial charge in [0, 0.05) is 7.11 Å². The molecule has 0 aliphatic rings. The summed E-state index contributed by atoms with van der Waals surface area (Å²) in [4.78, 5) is 9.82. The molecular formula is C7H9F5O3. The molecule has 0 aliphatic carbocycles. The minimum atomic E-state index is -5.66. The lowest BCUT2D eigenvalue weighted by Gasteiger charge is -2.23. The average Bonchev–Trinajstić information content (AvgIpc) is 2.02. The number of hydrogen-bond acceptors (Lipinski definition) is 3. The third-order valence-corrected chi connectivity index (χ3v) is 1.50. The first kappa shape index (κ1) is 14.1. The van der Waals surface area contributed by atoms with Crippen LogP contribution in [0.2, 0.25) is 0 Å². The van der Waals surface area contributed by atoms with E-state index in [2.05, 4.69) is 9.47 Å². The first-order valence-corrected chi connectivity index (χ1v) is 3.77. The molecule has 0 rings (SSSR count). The Bertz CT molecular complexity index is 203. The van der Waals surface area contributed by atoms with Crippen LogP contribution in [0.15, 0.2) is 0 Å². The number of alkyl halides is 5. The van der Waals surface area contributed by atoms with E-state index in [1.54, 1.807) is 0 Å². The number of halogens is 5. The maximum Gasteiger partial charge on any atom is 0.453 e. The van der Waals surface area contributed by atoms with Gasteiger partial charge in [0.15, 0.2) is 0 Å². The predicted molar refractivity (Wildman–Crippen MR) is 38.4 cm³/mol. The molecule has 0 radical (unpaired) electrons. The minimum absolute atomic E-state index is 0.198. The molecule has 0 heterocycles. The Kier molecular flexibility index (Phi) is 4.92. The summed E-state index contributed by atoms with van der Waals surface area (Å²) in [5, 5.41) is 0. The Morgan fingerprint density at radius 1 is 1.27 bits per heavy atom. The molecule has 0 spiro atoms. The van der Waals surface area contributed by atoms with Gasteiger partial charge in [-0.15, -0.1) is 0 Å². The molecule has 0 bridgehead atoms. The summed E-state index contributed by atoms with van der Waals surface area (Å²) in [6.45, 7) is -0.722. The maximum atomic E-state index is 12.5. The summed E-state index contributed by atoms with van der Waals surface area (Å²) < 4.78 is 68.5. The zero-order valence-corrected chi connectivity index (χ0v) is 7.68. The Morgan fingerprint density at radius 3 is 2.13 bits per heavy atom. The van der Waals surface area contributed by atoms with Crippen LogP contribution in [0.4, 0.5) is 22.0 Å². The molecule has 90 valence electrons. The maximum absolute atomic E-state index is 12.5. The molecule has 3 nitrogen and oxygen atoms in total. The van der Waals surface area contributed by atoms with Crippen molar-refractivity contribution in [2.45, 2.75) is 24.6 Å². The topological polar surface area (TPSA) is 35.5 Å². The monoisotopic (exact) mass is 236 g/mol. The van der Waals surface area contributed by atoms with Crippen molar-refractivity contribution in [3.63, 3.8) is 0 Å². The van der Waals surface area contributed by atoms with Gasteiger partial charge >= 0.3 is 12.1 Å². The highest BCUT2D eigenvalue weighted by Crippen LogP contribution is 2.39. The van der Waals surface area contributed by atoms with Gasteiger partial charge in [-0.05, 0) is 0 Å². The number of carbonyl (C=O) groups excluding carboxylic acids is 1. The van der Waals surface area contributed by atoms with Gasteiger partial charge in [0.05, 0.1) is 13.0 Å². The van der Waals surface area contributed by atoms with Crippen LogP contribution in [0.1, 0.15) is 6.42 Å². The van der Waals surface area contributed by atoms with Crippen LogP contribution in [0.5, 0.6) is 0 Å². The van der Waals surface area contributed by atoms with E-state index in [1.807, 2.05) is 0 Å². The van der Waals surface area contributed by atoms with Gasteiger partial charge in [0.25, 0.3) is 6.47 Å². The zero-order valence-electron chi connectivity index (χ0n) is 7.68. The molecule has 8 heteroatoms. The lowest BCUT2D eigenvalue weighted by molar-refractivity contribution is -0.291. The third-order valence-electron chi connectivity index (χ3n) is 1.50. The number of hydrogen-bond donors (Lipinski definition) is 0. The van der Waals surface area contributed by atoms with Crippen molar-refractivity contribution >= 4 is 6.47 Å². The number of ether oxygens (including phenoxy) is 2. The van der Waals surface area contributed by atoms with Crippen LogP contribution >= 0.6 is 0 Å². The highest BCUT2D eigenvalue weighted by Gasteiger charge is 2.58. The fraction of sp³-hybridized carbons (Fsp3) is 0.857. The van der Waals surface area contributed by atoms with Crippen LogP contribution in [0.3, 0.4) is 0 Å². The molecule has 0 aromatic rings. The van der Waals surface area contributed by atoms with Crippen LogP contribution < -0.4 is 0 Å². The Morgan fingerprint density at radius 2 is 1.80 bits per heavy atom. The quantitative estimate of drug-likeness (QED) is 0.520. The molecule has 0 saturated carbocycles. The summed E-state index contributed by atoms with van der Waals surface area (Å²) in [5.41, 5.74) is 0. The highest BCUT2D eigenvalue weighted by atomic mass is 19.4.